The summed E-state index contributed by atoms with van der Waals surface area (Å²) < 4.78 is 18.8. The molecule has 0 aliphatic rings. The number of benzene rings is 1. The smallest absolute Gasteiger partial charge is 0.267 e. The van der Waals surface area contributed by atoms with Crippen LogP contribution in [0, 0.1) is 5.82 Å². The molecule has 0 unspecified atom stereocenters. The lowest BCUT2D eigenvalue weighted by Gasteiger charge is -2.04. The number of carbonyl (C=O) groups is 1. The zero-order valence-corrected chi connectivity index (χ0v) is 11.9. The van der Waals surface area contributed by atoms with Crippen LogP contribution in [-0.4, -0.2) is 26.1 Å². The van der Waals surface area contributed by atoms with Gasteiger partial charge in [0.05, 0.1) is 6.20 Å². The molecule has 2 heterocycles. The molecule has 0 saturated heterocycles. The van der Waals surface area contributed by atoms with Crippen molar-refractivity contribution in [3.8, 4) is 11.6 Å². The van der Waals surface area contributed by atoms with Gasteiger partial charge in [0.15, 0.2) is 0 Å². The first-order valence-corrected chi connectivity index (χ1v) is 6.81. The predicted octanol–water partition coefficient (Wildman–Crippen LogP) is 1.52. The normalized spacial score (nSPS) is 10.5. The number of nitrogens with one attached hydrogen (secondary N) is 1. The maximum atomic E-state index is 13.5. The minimum Gasteiger partial charge on any atom is -0.419 e. The van der Waals surface area contributed by atoms with Gasteiger partial charge >= 0.3 is 0 Å². The van der Waals surface area contributed by atoms with E-state index in [-0.39, 0.29) is 36.5 Å². The lowest BCUT2D eigenvalue weighted by atomic mass is 10.2. The molecule has 0 aliphatic carbocycles. The van der Waals surface area contributed by atoms with Crippen LogP contribution in [-0.2, 0) is 17.8 Å². The number of aromatic nitrogens is 4. The number of nitrogens with zero attached hydrogens (tertiary/aromatic N) is 4. The summed E-state index contributed by atoms with van der Waals surface area (Å²) >= 11 is 0. The number of hydrogen-bond acceptors (Lipinski definition) is 6. The Morgan fingerprint density at radius 1 is 1.22 bits per heavy atom. The molecule has 116 valence electrons. The summed E-state index contributed by atoms with van der Waals surface area (Å²) in [6, 6.07) is 6.24. The largest absolute Gasteiger partial charge is 0.419 e. The molecular formula is C15H12FN5O2. The maximum absolute atomic E-state index is 13.5. The summed E-state index contributed by atoms with van der Waals surface area (Å²) in [6.45, 7) is 0.0939. The van der Waals surface area contributed by atoms with Gasteiger partial charge in [0.25, 0.3) is 5.89 Å². The fraction of sp³-hybridized carbons (Fsp3) is 0.133. The Morgan fingerprint density at radius 3 is 2.87 bits per heavy atom. The Bertz CT molecular complexity index is 806. The van der Waals surface area contributed by atoms with E-state index in [0.717, 1.165) is 0 Å². The fourth-order valence-corrected chi connectivity index (χ4v) is 1.87. The highest BCUT2D eigenvalue weighted by Gasteiger charge is 2.13. The molecule has 0 bridgehead atoms. The molecule has 7 nitrogen and oxygen atoms in total. The van der Waals surface area contributed by atoms with Crippen LogP contribution >= 0.6 is 0 Å². The molecule has 2 aromatic heterocycles. The Morgan fingerprint density at radius 2 is 2.09 bits per heavy atom. The number of rotatable bonds is 5. The summed E-state index contributed by atoms with van der Waals surface area (Å²) in [5, 5.41) is 10.2. The van der Waals surface area contributed by atoms with Crippen LogP contribution < -0.4 is 5.32 Å². The summed E-state index contributed by atoms with van der Waals surface area (Å²) in [5.74, 6) is -0.371. The zero-order valence-electron chi connectivity index (χ0n) is 11.9. The molecule has 0 spiro atoms. The summed E-state index contributed by atoms with van der Waals surface area (Å²) in [5.41, 5.74) is 0.838. The molecular weight excluding hydrogens is 301 g/mol. The van der Waals surface area contributed by atoms with Gasteiger partial charge in [-0.2, -0.15) is 0 Å². The predicted molar refractivity (Wildman–Crippen MR) is 77.3 cm³/mol. The van der Waals surface area contributed by atoms with E-state index in [4.69, 9.17) is 4.42 Å². The van der Waals surface area contributed by atoms with Gasteiger partial charge in [-0.15, -0.1) is 10.2 Å². The number of carbonyl (C=O) groups excluding carboxylic acids is 1. The second kappa shape index (κ2) is 6.73. The van der Waals surface area contributed by atoms with Gasteiger partial charge in [-0.3, -0.25) is 9.78 Å². The average molecular weight is 313 g/mol. The molecule has 0 saturated carbocycles. The Labute approximate surface area is 130 Å². The van der Waals surface area contributed by atoms with Crippen molar-refractivity contribution in [2.45, 2.75) is 13.0 Å². The molecule has 3 aromatic rings. The van der Waals surface area contributed by atoms with Crippen LogP contribution in [0.5, 0.6) is 0 Å². The molecule has 0 aliphatic heterocycles. The first-order chi connectivity index (χ1) is 11.2. The number of hydrogen-bond donors (Lipinski definition) is 1. The molecule has 1 N–H and O–H groups in total. The van der Waals surface area contributed by atoms with Crippen LogP contribution in [0.15, 0.2) is 47.3 Å². The average Bonchev–Trinajstić information content (AvgIpc) is 3.03. The third kappa shape index (κ3) is 3.73. The van der Waals surface area contributed by atoms with Crippen LogP contribution in [0.25, 0.3) is 11.6 Å². The second-order valence-corrected chi connectivity index (χ2v) is 4.64. The molecule has 0 radical (unpaired) electrons. The van der Waals surface area contributed by atoms with Gasteiger partial charge in [0.1, 0.15) is 17.9 Å². The van der Waals surface area contributed by atoms with Crippen molar-refractivity contribution < 1.29 is 13.6 Å². The fourth-order valence-electron chi connectivity index (χ4n) is 1.87. The van der Waals surface area contributed by atoms with Crippen molar-refractivity contribution in [2.24, 2.45) is 0 Å². The van der Waals surface area contributed by atoms with Gasteiger partial charge in [0, 0.05) is 24.5 Å². The van der Waals surface area contributed by atoms with Crippen LogP contribution in [0.4, 0.5) is 4.39 Å². The van der Waals surface area contributed by atoms with Crippen molar-refractivity contribution in [3.63, 3.8) is 0 Å². The highest BCUT2D eigenvalue weighted by molar-refractivity contribution is 5.77. The van der Waals surface area contributed by atoms with Crippen LogP contribution in [0.3, 0.4) is 0 Å². The van der Waals surface area contributed by atoms with E-state index in [1.54, 1.807) is 18.2 Å². The maximum Gasteiger partial charge on any atom is 0.267 e. The topological polar surface area (TPSA) is 93.8 Å². The van der Waals surface area contributed by atoms with Crippen LogP contribution in [0.1, 0.15) is 11.5 Å². The summed E-state index contributed by atoms with van der Waals surface area (Å²) in [4.78, 5) is 19.8. The molecule has 1 aromatic carbocycles. The molecule has 0 atom stereocenters. The van der Waals surface area contributed by atoms with Crippen molar-refractivity contribution in [1.29, 1.82) is 0 Å². The minimum absolute atomic E-state index is 0.0939. The molecule has 8 heteroatoms. The summed E-state index contributed by atoms with van der Waals surface area (Å²) in [7, 11) is 0. The number of amides is 1. The number of halogens is 1. The van der Waals surface area contributed by atoms with Crippen molar-refractivity contribution >= 4 is 5.91 Å². The van der Waals surface area contributed by atoms with E-state index in [0.29, 0.717) is 11.3 Å². The first kappa shape index (κ1) is 14.8. The molecule has 23 heavy (non-hydrogen) atoms. The Hall–Kier alpha value is -3.16. The molecule has 0 fully saturated rings. The van der Waals surface area contributed by atoms with Gasteiger partial charge in [-0.25, -0.2) is 9.37 Å². The highest BCUT2D eigenvalue weighted by Crippen LogP contribution is 2.13. The monoisotopic (exact) mass is 313 g/mol. The highest BCUT2D eigenvalue weighted by atomic mass is 19.1. The van der Waals surface area contributed by atoms with E-state index in [1.165, 1.54) is 24.7 Å². The van der Waals surface area contributed by atoms with Gasteiger partial charge in [-0.1, -0.05) is 18.2 Å². The van der Waals surface area contributed by atoms with E-state index in [9.17, 15) is 9.18 Å². The van der Waals surface area contributed by atoms with Crippen LogP contribution in [0.2, 0.25) is 0 Å². The van der Waals surface area contributed by atoms with Crippen molar-refractivity contribution in [2.75, 3.05) is 0 Å². The lowest BCUT2D eigenvalue weighted by Crippen LogP contribution is -2.25. The standard InChI is InChI=1S/C15H12FN5O2/c16-11-4-2-1-3-10(11)8-19-13(22)7-14-20-21-15(23-14)12-9-17-5-6-18-12/h1-6,9H,7-8H2,(H,19,22). The first-order valence-electron chi connectivity index (χ1n) is 6.81. The third-order valence-electron chi connectivity index (χ3n) is 2.99. The second-order valence-electron chi connectivity index (χ2n) is 4.64. The SMILES string of the molecule is O=C(Cc1nnc(-c2cnccn2)o1)NCc1ccccc1F. The van der Waals surface area contributed by atoms with Gasteiger partial charge in [0.2, 0.25) is 11.8 Å². The quantitative estimate of drug-likeness (QED) is 0.767. The molecule has 3 rings (SSSR count). The van der Waals surface area contributed by atoms with E-state index < -0.39 is 0 Å². The third-order valence-corrected chi connectivity index (χ3v) is 2.99. The van der Waals surface area contributed by atoms with Crippen molar-refractivity contribution in [1.82, 2.24) is 25.5 Å². The lowest BCUT2D eigenvalue weighted by molar-refractivity contribution is -0.120. The van der Waals surface area contributed by atoms with E-state index in [2.05, 4.69) is 25.5 Å². The van der Waals surface area contributed by atoms with E-state index >= 15 is 0 Å². The van der Waals surface area contributed by atoms with Gasteiger partial charge < -0.3 is 9.73 Å². The minimum atomic E-state index is -0.365. The molecule has 1 amide bonds. The Kier molecular flexibility index (Phi) is 4.32. The van der Waals surface area contributed by atoms with Crippen molar-refractivity contribution in [3.05, 3.63) is 60.1 Å². The van der Waals surface area contributed by atoms with E-state index in [1.807, 2.05) is 0 Å². The Balaban J connectivity index is 1.58. The zero-order chi connectivity index (χ0) is 16.1. The summed E-state index contributed by atoms with van der Waals surface area (Å²) in [6.07, 6.45) is 4.41. The van der Waals surface area contributed by atoms with Gasteiger partial charge in [-0.05, 0) is 6.07 Å².